The van der Waals surface area contributed by atoms with Crippen LogP contribution in [0, 0.1) is 0 Å². The summed E-state index contributed by atoms with van der Waals surface area (Å²) < 4.78 is 0. The van der Waals surface area contributed by atoms with Gasteiger partial charge in [0.2, 0.25) is 0 Å². The molecule has 1 aliphatic heterocycles. The van der Waals surface area contributed by atoms with E-state index >= 15 is 0 Å². The lowest BCUT2D eigenvalue weighted by molar-refractivity contribution is 0.277. The second-order valence-corrected chi connectivity index (χ2v) is 4.54. The quantitative estimate of drug-likeness (QED) is 0.819. The van der Waals surface area contributed by atoms with Gasteiger partial charge in [0.1, 0.15) is 11.0 Å². The number of nitrogens with zero attached hydrogens (tertiary/aromatic N) is 2. The highest BCUT2D eigenvalue weighted by atomic mass is 35.5. The van der Waals surface area contributed by atoms with E-state index in [0.29, 0.717) is 11.2 Å². The highest BCUT2D eigenvalue weighted by Crippen LogP contribution is 2.17. The van der Waals surface area contributed by atoms with Crippen LogP contribution in [0.25, 0.3) is 0 Å². The van der Waals surface area contributed by atoms with E-state index in [4.69, 9.17) is 11.6 Å². The third-order valence-corrected chi connectivity index (χ3v) is 3.35. The number of pyridine rings is 1. The van der Waals surface area contributed by atoms with Gasteiger partial charge in [-0.1, -0.05) is 24.6 Å². The van der Waals surface area contributed by atoms with E-state index in [1.807, 2.05) is 12.1 Å². The minimum Gasteiger partial charge on any atom is -0.368 e. The third kappa shape index (κ3) is 2.86. The SMILES string of the molecule is CCN1CCCC1CNc1cccc(Cl)n1. The molecule has 0 bridgehead atoms. The molecule has 0 aliphatic carbocycles. The van der Waals surface area contributed by atoms with Crippen molar-refractivity contribution >= 4 is 17.4 Å². The maximum atomic E-state index is 5.83. The minimum atomic E-state index is 0.545. The van der Waals surface area contributed by atoms with Gasteiger partial charge in [0.25, 0.3) is 0 Å². The Hall–Kier alpha value is -0.800. The van der Waals surface area contributed by atoms with Crippen molar-refractivity contribution in [2.45, 2.75) is 25.8 Å². The van der Waals surface area contributed by atoms with Crippen molar-refractivity contribution in [3.8, 4) is 0 Å². The summed E-state index contributed by atoms with van der Waals surface area (Å²) in [5, 5.41) is 3.90. The first-order chi connectivity index (χ1) is 7.79. The summed E-state index contributed by atoms with van der Waals surface area (Å²) in [6, 6.07) is 6.31. The van der Waals surface area contributed by atoms with Crippen LogP contribution in [0.4, 0.5) is 5.82 Å². The van der Waals surface area contributed by atoms with Gasteiger partial charge in [0, 0.05) is 12.6 Å². The second-order valence-electron chi connectivity index (χ2n) is 4.15. The highest BCUT2D eigenvalue weighted by molar-refractivity contribution is 6.29. The van der Waals surface area contributed by atoms with Crippen molar-refractivity contribution in [1.82, 2.24) is 9.88 Å². The number of aromatic nitrogens is 1. The zero-order valence-corrected chi connectivity index (χ0v) is 10.4. The van der Waals surface area contributed by atoms with E-state index in [-0.39, 0.29) is 0 Å². The van der Waals surface area contributed by atoms with Crippen LogP contribution in [0.3, 0.4) is 0 Å². The number of halogens is 1. The monoisotopic (exact) mass is 239 g/mol. The highest BCUT2D eigenvalue weighted by Gasteiger charge is 2.22. The van der Waals surface area contributed by atoms with Gasteiger partial charge in [-0.3, -0.25) is 4.90 Å². The van der Waals surface area contributed by atoms with Gasteiger partial charge in [-0.05, 0) is 38.1 Å². The Morgan fingerprint density at radius 2 is 2.44 bits per heavy atom. The number of likely N-dealkylation sites (N-methyl/N-ethyl adjacent to an activating group) is 1. The molecule has 4 heteroatoms. The summed E-state index contributed by atoms with van der Waals surface area (Å²) in [5.74, 6) is 0.871. The van der Waals surface area contributed by atoms with Crippen LogP contribution in [0.1, 0.15) is 19.8 Å². The van der Waals surface area contributed by atoms with Crippen molar-refractivity contribution in [2.24, 2.45) is 0 Å². The first-order valence-corrected chi connectivity index (χ1v) is 6.28. The van der Waals surface area contributed by atoms with Crippen LogP contribution < -0.4 is 5.32 Å². The molecule has 1 unspecified atom stereocenters. The normalized spacial score (nSPS) is 21.2. The number of anilines is 1. The molecule has 0 saturated carbocycles. The van der Waals surface area contributed by atoms with E-state index in [2.05, 4.69) is 22.1 Å². The molecule has 1 saturated heterocycles. The Bertz CT molecular complexity index is 343. The summed E-state index contributed by atoms with van der Waals surface area (Å²) in [4.78, 5) is 6.73. The number of hydrogen-bond donors (Lipinski definition) is 1. The van der Waals surface area contributed by atoms with E-state index in [9.17, 15) is 0 Å². The fourth-order valence-corrected chi connectivity index (χ4v) is 2.44. The molecule has 1 N–H and O–H groups in total. The van der Waals surface area contributed by atoms with Crippen LogP contribution >= 0.6 is 11.6 Å². The van der Waals surface area contributed by atoms with Gasteiger partial charge in [-0.25, -0.2) is 4.98 Å². The summed E-state index contributed by atoms with van der Waals surface area (Å²) >= 11 is 5.83. The first-order valence-electron chi connectivity index (χ1n) is 5.90. The molecule has 16 heavy (non-hydrogen) atoms. The van der Waals surface area contributed by atoms with Gasteiger partial charge in [-0.15, -0.1) is 0 Å². The van der Waals surface area contributed by atoms with Crippen molar-refractivity contribution in [3.63, 3.8) is 0 Å². The summed E-state index contributed by atoms with van der Waals surface area (Å²) in [7, 11) is 0. The zero-order chi connectivity index (χ0) is 11.4. The van der Waals surface area contributed by atoms with Crippen LogP contribution in [-0.2, 0) is 0 Å². The molecule has 1 aromatic rings. The van der Waals surface area contributed by atoms with Gasteiger partial charge < -0.3 is 5.32 Å². The van der Waals surface area contributed by atoms with E-state index in [0.717, 1.165) is 18.9 Å². The maximum absolute atomic E-state index is 5.83. The average Bonchev–Trinajstić information content (AvgIpc) is 2.74. The first kappa shape index (κ1) is 11.7. The lowest BCUT2D eigenvalue weighted by atomic mass is 10.2. The van der Waals surface area contributed by atoms with E-state index in [1.165, 1.54) is 19.4 Å². The van der Waals surface area contributed by atoms with E-state index < -0.39 is 0 Å². The molecule has 0 radical (unpaired) electrons. The average molecular weight is 240 g/mol. The molecular weight excluding hydrogens is 222 g/mol. The Morgan fingerprint density at radius 1 is 1.56 bits per heavy atom. The molecule has 1 fully saturated rings. The lowest BCUT2D eigenvalue weighted by Gasteiger charge is -2.23. The van der Waals surface area contributed by atoms with Gasteiger partial charge in [-0.2, -0.15) is 0 Å². The topological polar surface area (TPSA) is 28.2 Å². The van der Waals surface area contributed by atoms with Crippen LogP contribution in [0.2, 0.25) is 5.15 Å². The number of hydrogen-bond acceptors (Lipinski definition) is 3. The molecule has 88 valence electrons. The van der Waals surface area contributed by atoms with Crippen LogP contribution in [0.5, 0.6) is 0 Å². The standard InChI is InChI=1S/C12H18ClN3/c1-2-16-8-4-5-10(16)9-14-12-7-3-6-11(13)15-12/h3,6-7,10H,2,4-5,8-9H2,1H3,(H,14,15). The second kappa shape index (κ2) is 5.51. The Balaban J connectivity index is 1.87. The molecule has 1 aliphatic rings. The number of likely N-dealkylation sites (tertiary alicyclic amines) is 1. The Labute approximate surface area is 102 Å². The van der Waals surface area contributed by atoms with E-state index in [1.54, 1.807) is 6.07 Å². The largest absolute Gasteiger partial charge is 0.368 e. The van der Waals surface area contributed by atoms with Crippen molar-refractivity contribution in [2.75, 3.05) is 25.0 Å². The molecule has 2 heterocycles. The van der Waals surface area contributed by atoms with Crippen molar-refractivity contribution < 1.29 is 0 Å². The molecule has 1 aromatic heterocycles. The van der Waals surface area contributed by atoms with Gasteiger partial charge in [0.15, 0.2) is 0 Å². The minimum absolute atomic E-state index is 0.545. The maximum Gasteiger partial charge on any atom is 0.131 e. The molecule has 2 rings (SSSR count). The summed E-state index contributed by atoms with van der Waals surface area (Å²) in [5.41, 5.74) is 0. The van der Waals surface area contributed by atoms with Gasteiger partial charge >= 0.3 is 0 Å². The smallest absolute Gasteiger partial charge is 0.131 e. The summed E-state index contributed by atoms with van der Waals surface area (Å²) in [6.45, 7) is 5.54. The lowest BCUT2D eigenvalue weighted by Crippen LogP contribution is -2.34. The zero-order valence-electron chi connectivity index (χ0n) is 9.62. The molecular formula is C12H18ClN3. The Kier molecular flexibility index (Phi) is 4.02. The summed E-state index contributed by atoms with van der Waals surface area (Å²) in [6.07, 6.45) is 2.59. The Morgan fingerprint density at radius 3 is 3.19 bits per heavy atom. The fourth-order valence-electron chi connectivity index (χ4n) is 2.27. The molecule has 0 spiro atoms. The number of rotatable bonds is 4. The third-order valence-electron chi connectivity index (χ3n) is 3.14. The predicted molar refractivity (Wildman–Crippen MR) is 68.0 cm³/mol. The molecule has 0 amide bonds. The molecule has 0 aromatic carbocycles. The number of nitrogens with one attached hydrogen (secondary N) is 1. The van der Waals surface area contributed by atoms with Crippen molar-refractivity contribution in [1.29, 1.82) is 0 Å². The van der Waals surface area contributed by atoms with Crippen LogP contribution in [-0.4, -0.2) is 35.6 Å². The van der Waals surface area contributed by atoms with Crippen molar-refractivity contribution in [3.05, 3.63) is 23.4 Å². The molecule has 3 nitrogen and oxygen atoms in total. The predicted octanol–water partition coefficient (Wildman–Crippen LogP) is 2.63. The van der Waals surface area contributed by atoms with Gasteiger partial charge in [0.05, 0.1) is 0 Å². The molecule has 1 atom stereocenters. The fraction of sp³-hybridized carbons (Fsp3) is 0.583. The van der Waals surface area contributed by atoms with Crippen LogP contribution in [0.15, 0.2) is 18.2 Å².